The minimum atomic E-state index is -1.14. The second-order valence-electron chi connectivity index (χ2n) is 11.1. The summed E-state index contributed by atoms with van der Waals surface area (Å²) in [5, 5.41) is 5.95. The summed E-state index contributed by atoms with van der Waals surface area (Å²) in [6.45, 7) is 7.65. The largest absolute Gasteiger partial charge is 0.496 e. The first-order chi connectivity index (χ1) is 20.9. The highest BCUT2D eigenvalue weighted by Crippen LogP contribution is 2.41. The summed E-state index contributed by atoms with van der Waals surface area (Å²) in [6, 6.07) is 14.2. The van der Waals surface area contributed by atoms with Crippen molar-refractivity contribution in [3.05, 3.63) is 71.5 Å². The maximum absolute atomic E-state index is 13.7. The Morgan fingerprint density at radius 2 is 1.73 bits per heavy atom. The lowest BCUT2D eigenvalue weighted by Gasteiger charge is -2.25. The number of methoxy groups -OCH3 is 1. The van der Waals surface area contributed by atoms with Crippen molar-refractivity contribution < 1.29 is 32.7 Å². The normalized spacial score (nSPS) is 11.9. The van der Waals surface area contributed by atoms with Gasteiger partial charge in [-0.15, -0.1) is 0 Å². The molecular weight excluding hydrogens is 567 g/mol. The summed E-state index contributed by atoms with van der Waals surface area (Å²) >= 11 is 0. The van der Waals surface area contributed by atoms with Crippen LogP contribution >= 0.6 is 0 Å². The molecule has 10 nitrogen and oxygen atoms in total. The molecule has 44 heavy (non-hydrogen) atoms. The van der Waals surface area contributed by atoms with Crippen LogP contribution in [0.25, 0.3) is 33.4 Å². The molecule has 3 aromatic carbocycles. The van der Waals surface area contributed by atoms with E-state index in [1.807, 2.05) is 13.8 Å². The highest BCUT2D eigenvalue weighted by molar-refractivity contribution is 6.12. The van der Waals surface area contributed by atoms with Crippen LogP contribution in [0.15, 0.2) is 64.0 Å². The zero-order valence-corrected chi connectivity index (χ0v) is 25.4. The molecule has 4 rings (SSSR count). The Hall–Kier alpha value is -5.19. The lowest BCUT2D eigenvalue weighted by Crippen LogP contribution is -2.53. The maximum atomic E-state index is 13.7. The minimum absolute atomic E-state index is 0.0653. The Labute approximate surface area is 254 Å². The van der Waals surface area contributed by atoms with Crippen LogP contribution < -0.4 is 25.8 Å². The monoisotopic (exact) mass is 602 g/mol. The topological polar surface area (TPSA) is 145 Å². The number of ether oxygens (including phenoxy) is 2. The molecule has 0 saturated heterocycles. The molecule has 11 heteroatoms. The van der Waals surface area contributed by atoms with Crippen molar-refractivity contribution in [3.63, 3.8) is 0 Å². The number of amidine groups is 1. The van der Waals surface area contributed by atoms with E-state index in [0.717, 1.165) is 0 Å². The molecule has 4 aromatic rings. The third kappa shape index (κ3) is 6.56. The molecule has 0 radical (unpaired) electrons. The average Bonchev–Trinajstić information content (AvgIpc) is 3.37. The summed E-state index contributed by atoms with van der Waals surface area (Å²) in [6.07, 6.45) is 0.309. The van der Waals surface area contributed by atoms with Crippen LogP contribution in [0.2, 0.25) is 0 Å². The summed E-state index contributed by atoms with van der Waals surface area (Å²) in [7, 11) is 2.96. The van der Waals surface area contributed by atoms with E-state index in [1.54, 1.807) is 56.3 Å². The van der Waals surface area contributed by atoms with Gasteiger partial charge in [-0.3, -0.25) is 14.4 Å². The van der Waals surface area contributed by atoms with E-state index in [0.29, 0.717) is 52.2 Å². The minimum Gasteiger partial charge on any atom is -0.496 e. The molecular formula is C33H35FN4O6. The first-order valence-corrected chi connectivity index (χ1v) is 13.9. The van der Waals surface area contributed by atoms with E-state index >= 15 is 0 Å². The van der Waals surface area contributed by atoms with Gasteiger partial charge in [0, 0.05) is 29.6 Å². The molecule has 0 fully saturated rings. The van der Waals surface area contributed by atoms with Crippen LogP contribution in [0.5, 0.6) is 11.5 Å². The summed E-state index contributed by atoms with van der Waals surface area (Å²) in [5.41, 5.74) is 7.33. The van der Waals surface area contributed by atoms with Gasteiger partial charge in [0.2, 0.25) is 6.41 Å². The fraction of sp³-hybridized carbons (Fsp3) is 0.273. The van der Waals surface area contributed by atoms with Crippen molar-refractivity contribution in [2.45, 2.75) is 33.2 Å². The van der Waals surface area contributed by atoms with Crippen LogP contribution in [0.3, 0.4) is 0 Å². The Morgan fingerprint density at radius 3 is 2.34 bits per heavy atom. The molecule has 1 aromatic heterocycles. The van der Waals surface area contributed by atoms with Gasteiger partial charge in [0.05, 0.1) is 30.4 Å². The predicted octanol–water partition coefficient (Wildman–Crippen LogP) is 5.33. The Balaban J connectivity index is 1.93. The predicted molar refractivity (Wildman–Crippen MR) is 167 cm³/mol. The van der Waals surface area contributed by atoms with Crippen LogP contribution in [0.1, 0.15) is 48.4 Å². The molecule has 230 valence electrons. The van der Waals surface area contributed by atoms with Crippen LogP contribution in [-0.2, 0) is 4.79 Å². The number of nitrogens with one attached hydrogen (secondary N) is 2. The van der Waals surface area contributed by atoms with Crippen LogP contribution in [0, 0.1) is 11.7 Å². The van der Waals surface area contributed by atoms with Gasteiger partial charge in [-0.25, -0.2) is 9.38 Å². The molecule has 0 aliphatic heterocycles. The molecule has 3 amide bonds. The van der Waals surface area contributed by atoms with Gasteiger partial charge in [-0.05, 0) is 67.8 Å². The summed E-state index contributed by atoms with van der Waals surface area (Å²) in [5.74, 6) is -0.154. The van der Waals surface area contributed by atoms with Crippen molar-refractivity contribution in [1.82, 2.24) is 10.6 Å². The quantitative estimate of drug-likeness (QED) is 0.120. The first kappa shape index (κ1) is 31.7. The Kier molecular flexibility index (Phi) is 9.37. The molecule has 0 unspecified atom stereocenters. The first-order valence-electron chi connectivity index (χ1n) is 13.9. The molecule has 0 saturated carbocycles. The number of nitrogens with zero attached hydrogens (tertiary/aromatic N) is 1. The molecule has 0 bridgehead atoms. The lowest BCUT2D eigenvalue weighted by molar-refractivity contribution is -0.106. The fourth-order valence-corrected chi connectivity index (χ4v) is 4.57. The van der Waals surface area contributed by atoms with Gasteiger partial charge in [-0.2, -0.15) is 0 Å². The second kappa shape index (κ2) is 13.0. The highest BCUT2D eigenvalue weighted by atomic mass is 19.1. The number of rotatable bonds is 11. The van der Waals surface area contributed by atoms with Crippen molar-refractivity contribution in [1.29, 1.82) is 0 Å². The summed E-state index contributed by atoms with van der Waals surface area (Å²) in [4.78, 5) is 41.1. The third-order valence-electron chi connectivity index (χ3n) is 6.94. The van der Waals surface area contributed by atoms with Gasteiger partial charge in [-0.1, -0.05) is 19.9 Å². The standard InChI is InChI=1S/C33H35FN4O6/c1-18(2)16-43-26-15-27-23(28(31(41)36-5)29(44-27)19-7-10-21(34)11-8-19)14-22(26)20-9-12-25(42-6)24(13-20)30(40)38-33(3,4)32(35)37-17-39/h7-15,17-18H,16H2,1-6H3,(H,36,41)(H,38,40)(H2,35,37,39). The van der Waals surface area contributed by atoms with Gasteiger partial charge >= 0.3 is 0 Å². The van der Waals surface area contributed by atoms with E-state index < -0.39 is 23.2 Å². The van der Waals surface area contributed by atoms with E-state index in [-0.39, 0.29) is 28.6 Å². The van der Waals surface area contributed by atoms with E-state index in [1.165, 1.54) is 26.3 Å². The third-order valence-corrected chi connectivity index (χ3v) is 6.94. The van der Waals surface area contributed by atoms with Crippen LogP contribution in [0.4, 0.5) is 4.39 Å². The number of fused-ring (bicyclic) bond motifs is 1. The molecule has 4 N–H and O–H groups in total. The Morgan fingerprint density at radius 1 is 1.05 bits per heavy atom. The molecule has 1 heterocycles. The van der Waals surface area contributed by atoms with Crippen molar-refractivity contribution in [2.24, 2.45) is 16.6 Å². The molecule has 0 aliphatic rings. The lowest BCUT2D eigenvalue weighted by atomic mass is 9.96. The van der Waals surface area contributed by atoms with Crippen LogP contribution in [-0.4, -0.2) is 50.4 Å². The van der Waals surface area contributed by atoms with Gasteiger partial charge in [0.1, 0.15) is 34.5 Å². The zero-order chi connectivity index (χ0) is 32.2. The van der Waals surface area contributed by atoms with Gasteiger partial charge in [0.25, 0.3) is 11.8 Å². The number of carbonyl (C=O) groups is 3. The maximum Gasteiger partial charge on any atom is 0.255 e. The number of amides is 3. The Bertz CT molecular complexity index is 1740. The number of furan rings is 1. The number of nitrogens with two attached hydrogens (primary N) is 1. The number of hydrogen-bond donors (Lipinski definition) is 3. The number of benzene rings is 3. The number of aliphatic imine (C=N–C) groups is 1. The van der Waals surface area contributed by atoms with Crippen molar-refractivity contribution >= 4 is 35.0 Å². The van der Waals surface area contributed by atoms with Crippen molar-refractivity contribution in [2.75, 3.05) is 20.8 Å². The van der Waals surface area contributed by atoms with Gasteiger partial charge < -0.3 is 30.3 Å². The smallest absolute Gasteiger partial charge is 0.255 e. The average molecular weight is 603 g/mol. The number of carbonyl (C=O) groups excluding carboxylic acids is 3. The molecule has 0 aliphatic carbocycles. The fourth-order valence-electron chi connectivity index (χ4n) is 4.57. The van der Waals surface area contributed by atoms with Gasteiger partial charge in [0.15, 0.2) is 0 Å². The number of halogens is 1. The summed E-state index contributed by atoms with van der Waals surface area (Å²) < 4.78 is 31.6. The zero-order valence-electron chi connectivity index (χ0n) is 25.4. The molecule has 0 spiro atoms. The molecule has 0 atom stereocenters. The number of hydrogen-bond acceptors (Lipinski definition) is 6. The van der Waals surface area contributed by atoms with E-state index in [4.69, 9.17) is 19.6 Å². The van der Waals surface area contributed by atoms with E-state index in [9.17, 15) is 18.8 Å². The second-order valence-corrected chi connectivity index (χ2v) is 11.1. The van der Waals surface area contributed by atoms with E-state index in [2.05, 4.69) is 15.6 Å². The van der Waals surface area contributed by atoms with Crippen molar-refractivity contribution in [3.8, 4) is 33.9 Å². The highest BCUT2D eigenvalue weighted by Gasteiger charge is 2.28. The SMILES string of the molecule is CNC(=O)c1c(-c2ccc(F)cc2)oc2cc(OCC(C)C)c(-c3ccc(OC)c(C(=O)NC(C)(C)C(N)=NC=O)c3)cc12.